The lowest BCUT2D eigenvalue weighted by molar-refractivity contribution is -0.161. The Kier molecular flexibility index (Phi) is 7.78. The van der Waals surface area contributed by atoms with E-state index in [0.29, 0.717) is 43.5 Å². The normalized spacial score (nSPS) is 43.4. The molecule has 40 heavy (non-hydrogen) atoms. The summed E-state index contributed by atoms with van der Waals surface area (Å²) in [5.41, 5.74) is 1.48. The molecule has 3 fully saturated rings. The minimum atomic E-state index is -0.612. The second kappa shape index (κ2) is 10.6. The fraction of sp³-hybridized carbons (Fsp3) is 0.788. The monoisotopic (exact) mass is 556 g/mol. The summed E-state index contributed by atoms with van der Waals surface area (Å²) in [5.74, 6) is 0.521. The first-order valence-corrected chi connectivity index (χ1v) is 15.4. The number of ether oxygens (including phenoxy) is 3. The van der Waals surface area contributed by atoms with Gasteiger partial charge >= 0.3 is 11.9 Å². The van der Waals surface area contributed by atoms with Crippen molar-refractivity contribution in [1.82, 2.24) is 0 Å². The number of aliphatic hydroxyl groups excluding tert-OH is 1. The van der Waals surface area contributed by atoms with E-state index in [9.17, 15) is 19.5 Å². The maximum Gasteiger partial charge on any atom is 0.302 e. The molecule has 0 bridgehead atoms. The first kappa shape index (κ1) is 29.3. The predicted octanol–water partition coefficient (Wildman–Crippen LogP) is 5.55. The van der Waals surface area contributed by atoms with E-state index >= 15 is 0 Å². The van der Waals surface area contributed by atoms with E-state index in [0.717, 1.165) is 31.3 Å². The van der Waals surface area contributed by atoms with E-state index in [4.69, 9.17) is 14.2 Å². The Balaban J connectivity index is 1.47. The third kappa shape index (κ3) is 4.74. The fourth-order valence-corrected chi connectivity index (χ4v) is 9.78. The fourth-order valence-electron chi connectivity index (χ4n) is 9.78. The number of aliphatic hydroxyl groups is 1. The standard InChI is InChI=1S/C33H48O7/c1-17-12-25(19(3)38-16-17)31(37)18(2)30-28(40-21(5)35)14-27-24-9-8-22-13-23(39-20(4)34)10-11-32(22,6)26(24)15-29(36)33(27,30)7/h8,17-18,23-24,26-30,36H,9-16H2,1-7H3/t17-,18+,23+,24-,26+,27+,28+,29-,30+,32+,33-/m1/s1. The summed E-state index contributed by atoms with van der Waals surface area (Å²) in [6.07, 6.45) is 6.68. The molecule has 222 valence electrons. The average molecular weight is 557 g/mol. The second-order valence-corrected chi connectivity index (χ2v) is 14.1. The van der Waals surface area contributed by atoms with Crippen LogP contribution in [0.3, 0.4) is 0 Å². The van der Waals surface area contributed by atoms with Crippen molar-refractivity contribution in [3.63, 3.8) is 0 Å². The molecule has 1 heterocycles. The molecule has 5 rings (SSSR count). The number of rotatable bonds is 5. The highest BCUT2D eigenvalue weighted by molar-refractivity contribution is 5.97. The van der Waals surface area contributed by atoms with Gasteiger partial charge in [0.25, 0.3) is 0 Å². The molecule has 1 N–H and O–H groups in total. The summed E-state index contributed by atoms with van der Waals surface area (Å²) >= 11 is 0. The molecule has 7 heteroatoms. The summed E-state index contributed by atoms with van der Waals surface area (Å²) in [6.45, 7) is 13.9. The molecule has 0 aromatic rings. The smallest absolute Gasteiger partial charge is 0.302 e. The van der Waals surface area contributed by atoms with E-state index in [-0.39, 0.29) is 47.0 Å². The molecular weight excluding hydrogens is 508 g/mol. The number of esters is 2. The van der Waals surface area contributed by atoms with Crippen molar-refractivity contribution < 1.29 is 33.7 Å². The first-order valence-electron chi connectivity index (χ1n) is 15.4. The molecule has 3 saturated carbocycles. The first-order chi connectivity index (χ1) is 18.8. The molecule has 0 radical (unpaired) electrons. The number of hydrogen-bond acceptors (Lipinski definition) is 7. The summed E-state index contributed by atoms with van der Waals surface area (Å²) in [7, 11) is 0. The largest absolute Gasteiger partial charge is 0.498 e. The zero-order chi connectivity index (χ0) is 29.1. The van der Waals surface area contributed by atoms with Crippen molar-refractivity contribution in [2.45, 2.75) is 112 Å². The molecular formula is C33H48O7. The minimum Gasteiger partial charge on any atom is -0.498 e. The third-order valence-electron chi connectivity index (χ3n) is 11.7. The van der Waals surface area contributed by atoms with Gasteiger partial charge in [0.15, 0.2) is 5.78 Å². The highest BCUT2D eigenvalue weighted by Crippen LogP contribution is 2.67. The molecule has 11 atom stereocenters. The summed E-state index contributed by atoms with van der Waals surface area (Å²) < 4.78 is 17.4. The molecule has 0 spiro atoms. The number of hydrogen-bond donors (Lipinski definition) is 1. The van der Waals surface area contributed by atoms with Crippen molar-refractivity contribution in [3.8, 4) is 0 Å². The molecule has 1 aliphatic heterocycles. The van der Waals surface area contributed by atoms with Crippen LogP contribution in [0, 0.1) is 46.3 Å². The molecule has 4 aliphatic carbocycles. The highest BCUT2D eigenvalue weighted by atomic mass is 16.5. The third-order valence-corrected chi connectivity index (χ3v) is 11.7. The van der Waals surface area contributed by atoms with Crippen molar-refractivity contribution in [2.75, 3.05) is 6.61 Å². The number of Topliss-reactive ketones (excluding diaryl/α,β-unsaturated/α-hetero) is 1. The Labute approximate surface area is 239 Å². The van der Waals surface area contributed by atoms with E-state index in [1.807, 2.05) is 13.8 Å². The lowest BCUT2D eigenvalue weighted by Crippen LogP contribution is -2.57. The molecule has 0 amide bonds. The zero-order valence-electron chi connectivity index (χ0n) is 25.3. The number of allylic oxidation sites excluding steroid dienone is 3. The van der Waals surface area contributed by atoms with Crippen LogP contribution in [0.4, 0.5) is 0 Å². The lowest BCUT2D eigenvalue weighted by Gasteiger charge is -2.59. The van der Waals surface area contributed by atoms with E-state index in [1.165, 1.54) is 19.4 Å². The Morgan fingerprint density at radius 3 is 2.45 bits per heavy atom. The van der Waals surface area contributed by atoms with E-state index in [2.05, 4.69) is 26.8 Å². The van der Waals surface area contributed by atoms with Gasteiger partial charge in [0, 0.05) is 43.1 Å². The van der Waals surface area contributed by atoms with Crippen LogP contribution in [-0.4, -0.2) is 47.7 Å². The molecule has 7 nitrogen and oxygen atoms in total. The van der Waals surface area contributed by atoms with Crippen molar-refractivity contribution in [2.24, 2.45) is 46.3 Å². The maximum atomic E-state index is 14.0. The van der Waals surface area contributed by atoms with Gasteiger partial charge in [-0.3, -0.25) is 14.4 Å². The molecule has 5 aliphatic rings. The van der Waals surface area contributed by atoms with Crippen LogP contribution < -0.4 is 0 Å². The van der Waals surface area contributed by atoms with Gasteiger partial charge in [-0.25, -0.2) is 0 Å². The quantitative estimate of drug-likeness (QED) is 0.350. The van der Waals surface area contributed by atoms with Crippen molar-refractivity contribution in [3.05, 3.63) is 23.0 Å². The molecule has 0 unspecified atom stereocenters. The Hall–Kier alpha value is -2.15. The average Bonchev–Trinajstić information content (AvgIpc) is 3.17. The van der Waals surface area contributed by atoms with Gasteiger partial charge in [0.05, 0.1) is 18.5 Å². The van der Waals surface area contributed by atoms with Gasteiger partial charge in [0.2, 0.25) is 0 Å². The van der Waals surface area contributed by atoms with Gasteiger partial charge in [-0.05, 0) is 74.5 Å². The van der Waals surface area contributed by atoms with Crippen LogP contribution in [0.5, 0.6) is 0 Å². The number of ketones is 1. The summed E-state index contributed by atoms with van der Waals surface area (Å²) in [6, 6.07) is 0. The Bertz CT molecular complexity index is 1120. The van der Waals surface area contributed by atoms with Crippen LogP contribution >= 0.6 is 0 Å². The maximum absolute atomic E-state index is 14.0. The van der Waals surface area contributed by atoms with Gasteiger partial charge in [-0.15, -0.1) is 0 Å². The Morgan fingerprint density at radius 1 is 1.07 bits per heavy atom. The summed E-state index contributed by atoms with van der Waals surface area (Å²) in [5, 5.41) is 12.0. The molecule has 0 saturated heterocycles. The van der Waals surface area contributed by atoms with E-state index < -0.39 is 23.5 Å². The van der Waals surface area contributed by atoms with E-state index in [1.54, 1.807) is 0 Å². The second-order valence-electron chi connectivity index (χ2n) is 14.1. The van der Waals surface area contributed by atoms with Gasteiger partial charge in [-0.1, -0.05) is 39.3 Å². The van der Waals surface area contributed by atoms with Crippen LogP contribution in [-0.2, 0) is 28.6 Å². The van der Waals surface area contributed by atoms with Crippen molar-refractivity contribution >= 4 is 17.7 Å². The zero-order valence-corrected chi connectivity index (χ0v) is 25.3. The SMILES string of the molecule is CC(=O)O[C@H]1CC[C@@]2(C)C(=CC[C@H]3[C@@H]4C[C@H](OC(C)=O)[C@H]([C@H](C)C(=O)C5=C(C)OC[C@H](C)C5)[C@@]4(C)[C@H](O)C[C@@H]32)C1. The predicted molar refractivity (Wildman–Crippen MR) is 150 cm³/mol. The van der Waals surface area contributed by atoms with Gasteiger partial charge in [0.1, 0.15) is 12.2 Å². The number of carbonyl (C=O) groups excluding carboxylic acids is 3. The molecule has 0 aromatic carbocycles. The number of fused-ring (bicyclic) bond motifs is 5. The minimum absolute atomic E-state index is 0.0592. The highest BCUT2D eigenvalue weighted by Gasteiger charge is 2.66. The lowest BCUT2D eigenvalue weighted by atomic mass is 9.46. The van der Waals surface area contributed by atoms with Crippen LogP contribution in [0.2, 0.25) is 0 Å². The Morgan fingerprint density at radius 2 is 1.77 bits per heavy atom. The van der Waals surface area contributed by atoms with Crippen LogP contribution in [0.1, 0.15) is 93.4 Å². The topological polar surface area (TPSA) is 99.1 Å². The molecule has 0 aromatic heterocycles. The summed E-state index contributed by atoms with van der Waals surface area (Å²) in [4.78, 5) is 37.9. The number of carbonyl (C=O) groups is 3. The van der Waals surface area contributed by atoms with Gasteiger partial charge < -0.3 is 19.3 Å². The van der Waals surface area contributed by atoms with Crippen LogP contribution in [0.25, 0.3) is 0 Å². The van der Waals surface area contributed by atoms with Crippen molar-refractivity contribution in [1.29, 1.82) is 0 Å². The van der Waals surface area contributed by atoms with Crippen LogP contribution in [0.15, 0.2) is 23.0 Å². The van der Waals surface area contributed by atoms with Gasteiger partial charge in [-0.2, -0.15) is 0 Å².